The maximum Gasteiger partial charge on any atom is 0.401 e. The van der Waals surface area contributed by atoms with Crippen LogP contribution in [0.5, 0.6) is 0 Å². The molecule has 0 atom stereocenters. The first-order valence-electron chi connectivity index (χ1n) is 8.43. The summed E-state index contributed by atoms with van der Waals surface area (Å²) in [6.07, 6.45) is 1.67. The van der Waals surface area contributed by atoms with E-state index in [0.717, 1.165) is 38.5 Å². The highest BCUT2D eigenvalue weighted by Gasteiger charge is 2.39. The quantitative estimate of drug-likeness (QED) is 0.777. The molecule has 2 rings (SSSR count). The Kier molecular flexibility index (Phi) is 6.31. The highest BCUT2D eigenvalue weighted by atomic mass is 19.4. The molecule has 134 valence electrons. The molecule has 1 saturated heterocycles. The Balaban J connectivity index is 1.58. The first kappa shape index (κ1) is 18.5. The van der Waals surface area contributed by atoms with Crippen LogP contribution in [0.4, 0.5) is 13.2 Å². The van der Waals surface area contributed by atoms with Crippen LogP contribution in [-0.2, 0) is 9.53 Å². The fraction of sp³-hybridized carbons (Fsp3) is 0.938. The van der Waals surface area contributed by atoms with Crippen LogP contribution in [0, 0.1) is 5.92 Å². The maximum absolute atomic E-state index is 12.3. The zero-order chi connectivity index (χ0) is 16.9. The number of nitrogens with zero attached hydrogens (tertiary/aromatic N) is 1. The van der Waals surface area contributed by atoms with Crippen molar-refractivity contribution in [2.24, 2.45) is 5.92 Å². The molecule has 2 fully saturated rings. The third-order valence-corrected chi connectivity index (χ3v) is 5.17. The second kappa shape index (κ2) is 7.83. The summed E-state index contributed by atoms with van der Waals surface area (Å²) in [6.45, 7) is 0.772. The lowest BCUT2D eigenvalue weighted by atomic mass is 9.77. The van der Waals surface area contributed by atoms with Crippen molar-refractivity contribution in [3.05, 3.63) is 0 Å². The molecule has 0 spiro atoms. The van der Waals surface area contributed by atoms with Crippen molar-refractivity contribution in [3.8, 4) is 0 Å². The van der Waals surface area contributed by atoms with E-state index in [0.29, 0.717) is 32.0 Å². The normalized spacial score (nSPS) is 22.6. The number of hydrogen-bond acceptors (Lipinski definition) is 3. The molecule has 0 aromatic rings. The molecule has 4 nitrogen and oxygen atoms in total. The number of rotatable bonds is 7. The third-order valence-electron chi connectivity index (χ3n) is 5.17. The summed E-state index contributed by atoms with van der Waals surface area (Å²) >= 11 is 0. The highest BCUT2D eigenvalue weighted by molar-refractivity contribution is 5.77. The molecule has 1 heterocycles. The van der Waals surface area contributed by atoms with Crippen molar-refractivity contribution < 1.29 is 22.7 Å². The Labute approximate surface area is 135 Å². The van der Waals surface area contributed by atoms with Crippen LogP contribution in [0.15, 0.2) is 0 Å². The van der Waals surface area contributed by atoms with E-state index < -0.39 is 12.7 Å². The Morgan fingerprint density at radius 2 is 1.96 bits per heavy atom. The van der Waals surface area contributed by atoms with E-state index in [1.54, 1.807) is 7.11 Å². The molecule has 0 bridgehead atoms. The van der Waals surface area contributed by atoms with Gasteiger partial charge in [-0.25, -0.2) is 0 Å². The van der Waals surface area contributed by atoms with Gasteiger partial charge in [-0.2, -0.15) is 13.2 Å². The summed E-state index contributed by atoms with van der Waals surface area (Å²) in [4.78, 5) is 13.4. The van der Waals surface area contributed by atoms with E-state index >= 15 is 0 Å². The number of carbonyl (C=O) groups is 1. The smallest absolute Gasteiger partial charge is 0.378 e. The number of hydrogen-bond donors (Lipinski definition) is 1. The minimum Gasteiger partial charge on any atom is -0.378 e. The van der Waals surface area contributed by atoms with E-state index in [1.807, 2.05) is 0 Å². The van der Waals surface area contributed by atoms with Crippen LogP contribution >= 0.6 is 0 Å². The Morgan fingerprint density at radius 1 is 1.30 bits per heavy atom. The van der Waals surface area contributed by atoms with Gasteiger partial charge in [0.2, 0.25) is 5.91 Å². The van der Waals surface area contributed by atoms with Crippen molar-refractivity contribution in [2.75, 3.05) is 33.3 Å². The average molecular weight is 336 g/mol. The summed E-state index contributed by atoms with van der Waals surface area (Å²) in [7, 11) is 1.65. The monoisotopic (exact) mass is 336 g/mol. The number of carbonyl (C=O) groups excluding carboxylic acids is 1. The van der Waals surface area contributed by atoms with E-state index in [1.165, 1.54) is 4.90 Å². The molecule has 0 aromatic carbocycles. The second-order valence-electron chi connectivity index (χ2n) is 6.89. The standard InChI is InChI=1S/C16H27F3N2O2/c1-23-15(6-2-7-15)11-14(22)20-8-3-13-4-9-21(10-5-13)12-16(17,18)19/h13H,2-12H2,1H3,(H,20,22). The summed E-state index contributed by atoms with van der Waals surface area (Å²) in [5.74, 6) is 0.418. The molecular formula is C16H27F3N2O2. The number of alkyl halides is 3. The van der Waals surface area contributed by atoms with Crippen molar-refractivity contribution in [2.45, 2.75) is 56.7 Å². The van der Waals surface area contributed by atoms with Gasteiger partial charge in [0.25, 0.3) is 0 Å². The lowest BCUT2D eigenvalue weighted by Crippen LogP contribution is -2.44. The Bertz CT molecular complexity index is 384. The predicted octanol–water partition coefficient (Wildman–Crippen LogP) is 2.73. The van der Waals surface area contributed by atoms with E-state index in [2.05, 4.69) is 5.32 Å². The molecule has 1 aliphatic carbocycles. The summed E-state index contributed by atoms with van der Waals surface area (Å²) in [5, 5.41) is 2.93. The summed E-state index contributed by atoms with van der Waals surface area (Å²) < 4.78 is 42.4. The molecule has 0 aromatic heterocycles. The number of amides is 1. The van der Waals surface area contributed by atoms with Crippen LogP contribution in [0.1, 0.15) is 44.9 Å². The van der Waals surface area contributed by atoms with Gasteiger partial charge in [0.15, 0.2) is 0 Å². The average Bonchev–Trinajstić information content (AvgIpc) is 2.43. The highest BCUT2D eigenvalue weighted by Crippen LogP contribution is 2.37. The second-order valence-corrected chi connectivity index (χ2v) is 6.89. The topological polar surface area (TPSA) is 41.6 Å². The lowest BCUT2D eigenvalue weighted by molar-refractivity contribution is -0.148. The van der Waals surface area contributed by atoms with E-state index in [-0.39, 0.29) is 11.5 Å². The summed E-state index contributed by atoms with van der Waals surface area (Å²) in [6, 6.07) is 0. The van der Waals surface area contributed by atoms with Gasteiger partial charge in [-0.05, 0) is 57.5 Å². The van der Waals surface area contributed by atoms with Gasteiger partial charge in [-0.1, -0.05) is 0 Å². The van der Waals surface area contributed by atoms with Crippen molar-refractivity contribution >= 4 is 5.91 Å². The first-order chi connectivity index (χ1) is 10.8. The number of likely N-dealkylation sites (tertiary alicyclic amines) is 1. The molecule has 0 radical (unpaired) electrons. The predicted molar refractivity (Wildman–Crippen MR) is 81.1 cm³/mol. The van der Waals surface area contributed by atoms with Gasteiger partial charge in [0.05, 0.1) is 18.6 Å². The Hall–Kier alpha value is -0.820. The minimum absolute atomic E-state index is 0.0149. The molecule has 1 amide bonds. The zero-order valence-corrected chi connectivity index (χ0v) is 13.8. The van der Waals surface area contributed by atoms with E-state index in [9.17, 15) is 18.0 Å². The van der Waals surface area contributed by atoms with Gasteiger partial charge in [-0.3, -0.25) is 9.69 Å². The largest absolute Gasteiger partial charge is 0.401 e. The van der Waals surface area contributed by atoms with Gasteiger partial charge in [0, 0.05) is 13.7 Å². The minimum atomic E-state index is -4.11. The molecule has 23 heavy (non-hydrogen) atoms. The van der Waals surface area contributed by atoms with Gasteiger partial charge in [-0.15, -0.1) is 0 Å². The van der Waals surface area contributed by atoms with Crippen LogP contribution < -0.4 is 5.32 Å². The number of nitrogens with one attached hydrogen (secondary N) is 1. The number of methoxy groups -OCH3 is 1. The number of piperidine rings is 1. The molecule has 1 N–H and O–H groups in total. The number of ether oxygens (including phenoxy) is 1. The molecule has 1 aliphatic heterocycles. The third kappa shape index (κ3) is 5.95. The lowest BCUT2D eigenvalue weighted by Gasteiger charge is -2.40. The van der Waals surface area contributed by atoms with Crippen LogP contribution in [0.3, 0.4) is 0 Å². The van der Waals surface area contributed by atoms with Gasteiger partial charge >= 0.3 is 6.18 Å². The Morgan fingerprint density at radius 3 is 2.43 bits per heavy atom. The van der Waals surface area contributed by atoms with Crippen LogP contribution in [0.2, 0.25) is 0 Å². The number of halogens is 3. The zero-order valence-electron chi connectivity index (χ0n) is 13.8. The fourth-order valence-electron chi connectivity index (χ4n) is 3.48. The van der Waals surface area contributed by atoms with Gasteiger partial charge in [0.1, 0.15) is 0 Å². The summed E-state index contributed by atoms with van der Waals surface area (Å²) in [5.41, 5.74) is -0.257. The van der Waals surface area contributed by atoms with Crippen LogP contribution in [0.25, 0.3) is 0 Å². The van der Waals surface area contributed by atoms with Gasteiger partial charge < -0.3 is 10.1 Å². The van der Waals surface area contributed by atoms with Crippen LogP contribution in [-0.4, -0.2) is 55.9 Å². The SMILES string of the molecule is COC1(CC(=O)NCCC2CCN(CC(F)(F)F)CC2)CCC1. The maximum atomic E-state index is 12.3. The fourth-order valence-corrected chi connectivity index (χ4v) is 3.48. The molecule has 2 aliphatic rings. The molecule has 0 unspecified atom stereocenters. The molecular weight excluding hydrogens is 309 g/mol. The van der Waals surface area contributed by atoms with Crippen molar-refractivity contribution in [1.82, 2.24) is 10.2 Å². The van der Waals surface area contributed by atoms with Crippen molar-refractivity contribution in [3.63, 3.8) is 0 Å². The molecule has 1 saturated carbocycles. The first-order valence-corrected chi connectivity index (χ1v) is 8.43. The molecule has 7 heteroatoms. The van der Waals surface area contributed by atoms with Crippen molar-refractivity contribution in [1.29, 1.82) is 0 Å². The van der Waals surface area contributed by atoms with E-state index in [4.69, 9.17) is 4.74 Å².